The van der Waals surface area contributed by atoms with Crippen molar-refractivity contribution < 1.29 is 14.7 Å². The van der Waals surface area contributed by atoms with Crippen molar-refractivity contribution in [1.82, 2.24) is 0 Å². The van der Waals surface area contributed by atoms with Crippen LogP contribution in [0.3, 0.4) is 0 Å². The van der Waals surface area contributed by atoms with Gasteiger partial charge in [-0.25, -0.2) is 4.79 Å². The predicted molar refractivity (Wildman–Crippen MR) is 102 cm³/mol. The van der Waals surface area contributed by atoms with Gasteiger partial charge < -0.3 is 5.11 Å². The van der Waals surface area contributed by atoms with Gasteiger partial charge in [-0.05, 0) is 103 Å². The minimum atomic E-state index is -0.816. The first kappa shape index (κ1) is 15.6. The fourth-order valence-electron chi connectivity index (χ4n) is 6.28. The van der Waals surface area contributed by atoms with Crippen LogP contribution in [0.15, 0.2) is 18.2 Å². The number of aryl methyl sites for hydroxylation is 3. The number of ketones is 1. The van der Waals surface area contributed by atoms with Crippen LogP contribution in [-0.2, 0) is 44.9 Å². The third-order valence-corrected chi connectivity index (χ3v) is 7.43. The van der Waals surface area contributed by atoms with Crippen molar-refractivity contribution in [2.45, 2.75) is 57.8 Å². The summed E-state index contributed by atoms with van der Waals surface area (Å²) in [7, 11) is 0. The zero-order valence-electron chi connectivity index (χ0n) is 15.4. The monoisotopic (exact) mass is 358 g/mol. The molecule has 0 amide bonds. The van der Waals surface area contributed by atoms with E-state index >= 15 is 0 Å². The van der Waals surface area contributed by atoms with E-state index < -0.39 is 11.4 Å². The van der Waals surface area contributed by atoms with Gasteiger partial charge in [0.2, 0.25) is 0 Å². The maximum absolute atomic E-state index is 13.5. The van der Waals surface area contributed by atoms with E-state index in [1.807, 2.05) is 0 Å². The maximum atomic E-state index is 13.5. The summed E-state index contributed by atoms with van der Waals surface area (Å²) in [5.74, 6) is -0.566. The van der Waals surface area contributed by atoms with Crippen LogP contribution >= 0.6 is 0 Å². The molecule has 1 spiro atoms. The van der Waals surface area contributed by atoms with Crippen LogP contribution in [0.2, 0.25) is 0 Å². The van der Waals surface area contributed by atoms with E-state index in [2.05, 4.69) is 18.2 Å². The van der Waals surface area contributed by atoms with E-state index in [9.17, 15) is 14.7 Å². The number of fused-ring (bicyclic) bond motifs is 4. The largest absolute Gasteiger partial charge is 0.478 e. The van der Waals surface area contributed by atoms with Gasteiger partial charge in [0.25, 0.3) is 0 Å². The van der Waals surface area contributed by atoms with Gasteiger partial charge in [0.15, 0.2) is 5.78 Å². The summed E-state index contributed by atoms with van der Waals surface area (Å²) in [4.78, 5) is 25.6. The molecule has 1 atom stereocenters. The Morgan fingerprint density at radius 2 is 1.44 bits per heavy atom. The van der Waals surface area contributed by atoms with Gasteiger partial charge in [0.1, 0.15) is 0 Å². The number of benzene rings is 2. The molecule has 1 N–H and O–H groups in total. The van der Waals surface area contributed by atoms with Crippen LogP contribution < -0.4 is 0 Å². The topological polar surface area (TPSA) is 54.4 Å². The van der Waals surface area contributed by atoms with E-state index in [1.165, 1.54) is 28.7 Å². The molecule has 3 heteroatoms. The summed E-state index contributed by atoms with van der Waals surface area (Å²) in [5.41, 5.74) is 9.22. The second-order valence-corrected chi connectivity index (χ2v) is 8.96. The minimum absolute atomic E-state index is 0.250. The Kier molecular flexibility index (Phi) is 2.95. The second kappa shape index (κ2) is 5.09. The number of Topliss-reactive ketones (excluding diaryl/α,β-unsaturated/α-hetero) is 1. The summed E-state index contributed by atoms with van der Waals surface area (Å²) in [6.07, 6.45) is 8.33. The number of carbonyl (C=O) groups excluding carboxylic acids is 1. The van der Waals surface area contributed by atoms with Crippen LogP contribution in [0.1, 0.15) is 72.5 Å². The Bertz CT molecular complexity index is 1060. The first-order valence-electron chi connectivity index (χ1n) is 10.1. The molecule has 6 rings (SSSR count). The van der Waals surface area contributed by atoms with Crippen LogP contribution in [0, 0.1) is 5.41 Å². The quantitative estimate of drug-likeness (QED) is 0.841. The lowest BCUT2D eigenvalue weighted by Gasteiger charge is -2.20. The molecule has 0 heterocycles. The van der Waals surface area contributed by atoms with Crippen LogP contribution in [-0.4, -0.2) is 16.9 Å². The Labute approximate surface area is 158 Å². The third kappa shape index (κ3) is 1.97. The standard InChI is InChI=1S/C24H22O3/c25-22-19-9-14-4-1-3-13(14)7-16(19)10-24(22)11-17-8-15-5-2-6-18(15)21(23(26)27)20(17)12-24/h7-9H,1-6,10-12H2,(H,26,27)/t24-/m1/s1. The van der Waals surface area contributed by atoms with Gasteiger partial charge in [-0.15, -0.1) is 0 Å². The highest BCUT2D eigenvalue weighted by atomic mass is 16.4. The second-order valence-electron chi connectivity index (χ2n) is 8.96. The number of rotatable bonds is 1. The molecule has 0 saturated carbocycles. The fourth-order valence-corrected chi connectivity index (χ4v) is 6.28. The van der Waals surface area contributed by atoms with Crippen molar-refractivity contribution in [3.05, 3.63) is 68.3 Å². The predicted octanol–water partition coefficient (Wildman–Crippen LogP) is 3.89. The molecule has 4 aliphatic rings. The summed E-state index contributed by atoms with van der Waals surface area (Å²) >= 11 is 0. The smallest absolute Gasteiger partial charge is 0.336 e. The highest BCUT2D eigenvalue weighted by Crippen LogP contribution is 2.50. The number of hydrogen-bond acceptors (Lipinski definition) is 2. The molecule has 0 aromatic heterocycles. The number of carboxylic acid groups (broad SMARTS) is 1. The highest BCUT2D eigenvalue weighted by molar-refractivity contribution is 6.06. The molecule has 3 nitrogen and oxygen atoms in total. The van der Waals surface area contributed by atoms with Crippen molar-refractivity contribution in [2.75, 3.05) is 0 Å². The summed E-state index contributed by atoms with van der Waals surface area (Å²) in [6.45, 7) is 0. The fraction of sp³-hybridized carbons (Fsp3) is 0.417. The molecule has 0 bridgehead atoms. The molecule has 2 aromatic rings. The molecular formula is C24H22O3. The van der Waals surface area contributed by atoms with E-state index in [1.54, 1.807) is 0 Å². The van der Waals surface area contributed by atoms with Crippen LogP contribution in [0.5, 0.6) is 0 Å². The maximum Gasteiger partial charge on any atom is 0.336 e. The first-order valence-corrected chi connectivity index (χ1v) is 10.1. The molecule has 0 unspecified atom stereocenters. The normalized spacial score (nSPS) is 24.2. The SMILES string of the molecule is O=C(O)c1c2c(cc3c1C[C@@]1(Cc4cc5c(cc4C1=O)CCC5)C3)CCC2. The van der Waals surface area contributed by atoms with Gasteiger partial charge >= 0.3 is 5.97 Å². The third-order valence-electron chi connectivity index (χ3n) is 7.43. The van der Waals surface area contributed by atoms with Crippen LogP contribution in [0.4, 0.5) is 0 Å². The van der Waals surface area contributed by atoms with E-state index in [0.717, 1.165) is 60.8 Å². The van der Waals surface area contributed by atoms with Gasteiger partial charge in [0, 0.05) is 11.0 Å². The lowest BCUT2D eigenvalue weighted by atomic mass is 9.80. The van der Waals surface area contributed by atoms with E-state index in [-0.39, 0.29) is 5.78 Å². The Balaban J connectivity index is 1.46. The summed E-state index contributed by atoms with van der Waals surface area (Å²) in [5, 5.41) is 9.91. The van der Waals surface area contributed by atoms with Gasteiger partial charge in [-0.2, -0.15) is 0 Å². The molecule has 0 aliphatic heterocycles. The van der Waals surface area contributed by atoms with Crippen LogP contribution in [0.25, 0.3) is 0 Å². The molecule has 0 radical (unpaired) electrons. The molecule has 0 fully saturated rings. The average Bonchev–Trinajstić information content (AvgIpc) is 3.38. The van der Waals surface area contributed by atoms with Gasteiger partial charge in [0.05, 0.1) is 5.56 Å². The minimum Gasteiger partial charge on any atom is -0.478 e. The van der Waals surface area contributed by atoms with Crippen molar-refractivity contribution in [2.24, 2.45) is 5.41 Å². The van der Waals surface area contributed by atoms with E-state index in [0.29, 0.717) is 18.4 Å². The molecule has 0 saturated heterocycles. The molecule has 136 valence electrons. The lowest BCUT2D eigenvalue weighted by Crippen LogP contribution is -2.28. The molecule has 27 heavy (non-hydrogen) atoms. The average molecular weight is 358 g/mol. The Morgan fingerprint density at radius 3 is 2.26 bits per heavy atom. The first-order chi connectivity index (χ1) is 13.1. The number of carbonyl (C=O) groups is 2. The highest BCUT2D eigenvalue weighted by Gasteiger charge is 2.50. The van der Waals surface area contributed by atoms with E-state index in [4.69, 9.17) is 0 Å². The van der Waals surface area contributed by atoms with Gasteiger partial charge in [-0.1, -0.05) is 12.1 Å². The lowest BCUT2D eigenvalue weighted by molar-refractivity contribution is 0.0692. The summed E-state index contributed by atoms with van der Waals surface area (Å²) in [6, 6.07) is 6.64. The number of hydrogen-bond donors (Lipinski definition) is 1. The summed E-state index contributed by atoms with van der Waals surface area (Å²) < 4.78 is 0. The zero-order valence-corrected chi connectivity index (χ0v) is 15.4. The van der Waals surface area contributed by atoms with Crippen molar-refractivity contribution >= 4 is 11.8 Å². The zero-order chi connectivity index (χ0) is 18.3. The molecular weight excluding hydrogens is 336 g/mol. The Hall–Kier alpha value is -2.42. The molecule has 4 aliphatic carbocycles. The van der Waals surface area contributed by atoms with Gasteiger partial charge in [-0.3, -0.25) is 4.79 Å². The van der Waals surface area contributed by atoms with Crippen molar-refractivity contribution in [1.29, 1.82) is 0 Å². The van der Waals surface area contributed by atoms with Crippen molar-refractivity contribution in [3.8, 4) is 0 Å². The number of carboxylic acids is 1. The Morgan fingerprint density at radius 1 is 0.778 bits per heavy atom. The molecule has 2 aromatic carbocycles. The van der Waals surface area contributed by atoms with Crippen molar-refractivity contribution in [3.63, 3.8) is 0 Å². The number of aromatic carboxylic acids is 1.